The molecule has 0 saturated carbocycles. The highest BCUT2D eigenvalue weighted by molar-refractivity contribution is 5.73. The van der Waals surface area contributed by atoms with E-state index in [0.29, 0.717) is 13.1 Å². The van der Waals surface area contributed by atoms with Gasteiger partial charge in [-0.05, 0) is 23.8 Å². The molecule has 0 atom stereocenters. The molecule has 0 heterocycles. The van der Waals surface area contributed by atoms with Crippen LogP contribution in [0.3, 0.4) is 0 Å². The molecule has 4 nitrogen and oxygen atoms in total. The Morgan fingerprint density at radius 2 is 1.73 bits per heavy atom. The number of carbonyl (C=O) groups is 1. The third-order valence-corrected chi connectivity index (χ3v) is 3.99. The van der Waals surface area contributed by atoms with Gasteiger partial charge in [-0.25, -0.2) is 4.79 Å². The molecule has 1 aromatic rings. The van der Waals surface area contributed by atoms with E-state index in [1.165, 1.54) is 5.56 Å². The molecular weight excluding hydrogens is 276 g/mol. The molecule has 1 rings (SSSR count). The molecule has 0 saturated heterocycles. The van der Waals surface area contributed by atoms with Gasteiger partial charge < -0.3 is 15.7 Å². The summed E-state index contributed by atoms with van der Waals surface area (Å²) in [6.45, 7) is 9.67. The molecule has 0 fully saturated rings. The predicted octanol–water partition coefficient (Wildman–Crippen LogP) is 3.06. The van der Waals surface area contributed by atoms with E-state index in [1.807, 2.05) is 32.0 Å². The van der Waals surface area contributed by atoms with Gasteiger partial charge in [-0.15, -0.1) is 0 Å². The number of hydrogen-bond donors (Lipinski definition) is 3. The van der Waals surface area contributed by atoms with Gasteiger partial charge in [-0.2, -0.15) is 0 Å². The van der Waals surface area contributed by atoms with E-state index in [2.05, 4.69) is 36.6 Å². The zero-order valence-electron chi connectivity index (χ0n) is 14.3. The number of carbonyl (C=O) groups excluding carboxylic acids is 1. The number of nitrogens with one attached hydrogen (secondary N) is 2. The number of urea groups is 1. The molecule has 0 aromatic heterocycles. The minimum Gasteiger partial charge on any atom is -0.396 e. The van der Waals surface area contributed by atoms with E-state index in [-0.39, 0.29) is 23.5 Å². The molecule has 0 bridgehead atoms. The van der Waals surface area contributed by atoms with Crippen LogP contribution in [0.2, 0.25) is 0 Å². The normalized spacial score (nSPS) is 12.0. The third-order valence-electron chi connectivity index (χ3n) is 3.99. The lowest BCUT2D eigenvalue weighted by Crippen LogP contribution is -2.42. The maximum absolute atomic E-state index is 11.8. The Kier molecular flexibility index (Phi) is 6.88. The van der Waals surface area contributed by atoms with Crippen LogP contribution in [0.15, 0.2) is 30.3 Å². The molecule has 0 unspecified atom stereocenters. The molecule has 0 aliphatic carbocycles. The van der Waals surface area contributed by atoms with Crippen molar-refractivity contribution >= 4 is 6.03 Å². The first-order valence-corrected chi connectivity index (χ1v) is 7.95. The molecule has 0 aliphatic rings. The summed E-state index contributed by atoms with van der Waals surface area (Å²) < 4.78 is 0. The Morgan fingerprint density at radius 1 is 1.09 bits per heavy atom. The van der Waals surface area contributed by atoms with Gasteiger partial charge in [0, 0.05) is 25.1 Å². The molecule has 22 heavy (non-hydrogen) atoms. The van der Waals surface area contributed by atoms with Gasteiger partial charge in [0.25, 0.3) is 0 Å². The summed E-state index contributed by atoms with van der Waals surface area (Å²) in [7, 11) is 0. The van der Waals surface area contributed by atoms with Gasteiger partial charge >= 0.3 is 6.03 Å². The lowest BCUT2D eigenvalue weighted by Gasteiger charge is -2.26. The zero-order chi connectivity index (χ0) is 16.6. The molecule has 0 radical (unpaired) electrons. The van der Waals surface area contributed by atoms with Crippen LogP contribution >= 0.6 is 0 Å². The van der Waals surface area contributed by atoms with Gasteiger partial charge in [-0.1, -0.05) is 58.0 Å². The lowest BCUT2D eigenvalue weighted by molar-refractivity contribution is 0.148. The van der Waals surface area contributed by atoms with Crippen LogP contribution in [0.1, 0.15) is 46.1 Å². The first-order chi connectivity index (χ1) is 10.3. The second kappa shape index (κ2) is 8.18. The summed E-state index contributed by atoms with van der Waals surface area (Å²) in [6, 6.07) is 10.0. The highest BCUT2D eigenvalue weighted by Gasteiger charge is 2.21. The van der Waals surface area contributed by atoms with E-state index >= 15 is 0 Å². The topological polar surface area (TPSA) is 61.4 Å². The van der Waals surface area contributed by atoms with Crippen molar-refractivity contribution in [3.63, 3.8) is 0 Å². The van der Waals surface area contributed by atoms with E-state index in [1.54, 1.807) is 0 Å². The third kappa shape index (κ3) is 6.48. The fourth-order valence-corrected chi connectivity index (χ4v) is 2.20. The van der Waals surface area contributed by atoms with Crippen molar-refractivity contribution in [2.45, 2.75) is 46.0 Å². The molecule has 124 valence electrons. The highest BCUT2D eigenvalue weighted by atomic mass is 16.3. The van der Waals surface area contributed by atoms with Gasteiger partial charge in [0.1, 0.15) is 0 Å². The van der Waals surface area contributed by atoms with Crippen molar-refractivity contribution in [3.8, 4) is 0 Å². The summed E-state index contributed by atoms with van der Waals surface area (Å²) in [5.41, 5.74) is 1.03. The Bertz CT molecular complexity index is 455. The molecule has 2 amide bonds. The first-order valence-electron chi connectivity index (χ1n) is 7.95. The van der Waals surface area contributed by atoms with Gasteiger partial charge in [0.2, 0.25) is 0 Å². The molecule has 3 N–H and O–H groups in total. The van der Waals surface area contributed by atoms with Crippen LogP contribution in [-0.4, -0.2) is 30.8 Å². The van der Waals surface area contributed by atoms with Crippen molar-refractivity contribution in [1.82, 2.24) is 10.6 Å². The lowest BCUT2D eigenvalue weighted by atomic mass is 9.85. The molecular formula is C18H30N2O2. The van der Waals surface area contributed by atoms with Gasteiger partial charge in [0.05, 0.1) is 0 Å². The number of rotatable bonds is 8. The fourth-order valence-electron chi connectivity index (χ4n) is 2.20. The minimum atomic E-state index is -0.134. The van der Waals surface area contributed by atoms with Crippen molar-refractivity contribution in [2.75, 3.05) is 19.7 Å². The molecule has 0 aliphatic heterocycles. The smallest absolute Gasteiger partial charge is 0.314 e. The zero-order valence-corrected chi connectivity index (χ0v) is 14.3. The van der Waals surface area contributed by atoms with Crippen molar-refractivity contribution in [1.29, 1.82) is 0 Å². The summed E-state index contributed by atoms with van der Waals surface area (Å²) in [5, 5.41) is 15.0. The van der Waals surface area contributed by atoms with Crippen LogP contribution in [0.4, 0.5) is 4.79 Å². The van der Waals surface area contributed by atoms with E-state index < -0.39 is 0 Å². The minimum absolute atomic E-state index is 0.0759. The van der Waals surface area contributed by atoms with Crippen molar-refractivity contribution < 1.29 is 9.90 Å². The summed E-state index contributed by atoms with van der Waals surface area (Å²) in [4.78, 5) is 11.8. The maximum Gasteiger partial charge on any atom is 0.314 e. The van der Waals surface area contributed by atoms with E-state index in [4.69, 9.17) is 0 Å². The van der Waals surface area contributed by atoms with Crippen LogP contribution in [0.25, 0.3) is 0 Å². The Morgan fingerprint density at radius 3 is 2.32 bits per heavy atom. The SMILES string of the molecule is CC(C)(CO)CCCNC(=O)NCC(C)(C)c1ccccc1. The maximum atomic E-state index is 11.8. The number of aliphatic hydroxyl groups is 1. The predicted molar refractivity (Wildman–Crippen MR) is 91.0 cm³/mol. The van der Waals surface area contributed by atoms with Crippen LogP contribution in [0, 0.1) is 5.41 Å². The van der Waals surface area contributed by atoms with Crippen LogP contribution < -0.4 is 10.6 Å². The van der Waals surface area contributed by atoms with Gasteiger partial charge in [0.15, 0.2) is 0 Å². The highest BCUT2D eigenvalue weighted by Crippen LogP contribution is 2.22. The quantitative estimate of drug-likeness (QED) is 0.646. The Hall–Kier alpha value is -1.55. The largest absolute Gasteiger partial charge is 0.396 e. The average molecular weight is 306 g/mol. The van der Waals surface area contributed by atoms with E-state index in [9.17, 15) is 9.90 Å². The van der Waals surface area contributed by atoms with E-state index in [0.717, 1.165) is 12.8 Å². The average Bonchev–Trinajstić information content (AvgIpc) is 2.50. The Labute approximate surface area is 134 Å². The second-order valence-electron chi connectivity index (χ2n) is 7.29. The molecule has 1 aromatic carbocycles. The number of aliphatic hydroxyl groups excluding tert-OH is 1. The van der Waals surface area contributed by atoms with Crippen LogP contribution in [0.5, 0.6) is 0 Å². The summed E-state index contributed by atoms with van der Waals surface area (Å²) in [6.07, 6.45) is 1.75. The summed E-state index contributed by atoms with van der Waals surface area (Å²) >= 11 is 0. The monoisotopic (exact) mass is 306 g/mol. The van der Waals surface area contributed by atoms with Crippen molar-refractivity contribution in [2.24, 2.45) is 5.41 Å². The standard InChI is InChI=1S/C18H30N2O2/c1-17(2,14-21)11-8-12-19-16(22)20-13-18(3,4)15-9-6-5-7-10-15/h5-7,9-10,21H,8,11-14H2,1-4H3,(H2,19,20,22). The fraction of sp³-hybridized carbons (Fsp3) is 0.611. The molecule has 4 heteroatoms. The number of hydrogen-bond acceptors (Lipinski definition) is 2. The van der Waals surface area contributed by atoms with Crippen LogP contribution in [-0.2, 0) is 5.41 Å². The number of benzene rings is 1. The Balaban J connectivity index is 2.29. The first kappa shape index (κ1) is 18.5. The number of amides is 2. The molecule has 0 spiro atoms. The second-order valence-corrected chi connectivity index (χ2v) is 7.29. The van der Waals surface area contributed by atoms with Gasteiger partial charge in [-0.3, -0.25) is 0 Å². The van der Waals surface area contributed by atoms with Crippen molar-refractivity contribution in [3.05, 3.63) is 35.9 Å². The summed E-state index contributed by atoms with van der Waals surface area (Å²) in [5.74, 6) is 0.